The van der Waals surface area contributed by atoms with E-state index in [1.165, 1.54) is 12.0 Å². The van der Waals surface area contributed by atoms with E-state index >= 15 is 0 Å². The fourth-order valence-electron chi connectivity index (χ4n) is 1.88. The summed E-state index contributed by atoms with van der Waals surface area (Å²) in [5.41, 5.74) is 2.92. The molecule has 0 spiro atoms. The van der Waals surface area contributed by atoms with E-state index in [9.17, 15) is 9.59 Å². The van der Waals surface area contributed by atoms with Gasteiger partial charge in [-0.1, -0.05) is 17.7 Å². The standard InChI is InChI=1S/C12H13NO3/c1-8-3-4-10-9(5-8)6-11(14)13(10)7-12(15)16-2/h3-5H,6-7H2,1-2H3. The summed E-state index contributed by atoms with van der Waals surface area (Å²) in [6.07, 6.45) is 0.369. The van der Waals surface area contributed by atoms with Crippen LogP contribution in [0.15, 0.2) is 18.2 Å². The van der Waals surface area contributed by atoms with Gasteiger partial charge in [-0.25, -0.2) is 0 Å². The second kappa shape index (κ2) is 3.96. The van der Waals surface area contributed by atoms with E-state index in [0.29, 0.717) is 6.42 Å². The summed E-state index contributed by atoms with van der Waals surface area (Å²) in [5, 5.41) is 0. The summed E-state index contributed by atoms with van der Waals surface area (Å²) in [4.78, 5) is 24.4. The van der Waals surface area contributed by atoms with Gasteiger partial charge in [-0.15, -0.1) is 0 Å². The lowest BCUT2D eigenvalue weighted by atomic mass is 10.1. The van der Waals surface area contributed by atoms with Crippen LogP contribution in [0.1, 0.15) is 11.1 Å². The number of nitrogens with zero attached hydrogens (tertiary/aromatic N) is 1. The molecule has 0 aliphatic carbocycles. The molecule has 4 heteroatoms. The monoisotopic (exact) mass is 219 g/mol. The molecule has 84 valence electrons. The van der Waals surface area contributed by atoms with Crippen LogP contribution in [0, 0.1) is 6.92 Å². The summed E-state index contributed by atoms with van der Waals surface area (Å²) in [6, 6.07) is 5.78. The van der Waals surface area contributed by atoms with Gasteiger partial charge in [-0.3, -0.25) is 9.59 Å². The SMILES string of the molecule is COC(=O)CN1C(=O)Cc2cc(C)ccc21. The molecule has 0 saturated carbocycles. The molecule has 1 heterocycles. The highest BCUT2D eigenvalue weighted by atomic mass is 16.5. The van der Waals surface area contributed by atoms with E-state index in [-0.39, 0.29) is 12.5 Å². The number of esters is 1. The van der Waals surface area contributed by atoms with Gasteiger partial charge in [-0.05, 0) is 18.6 Å². The van der Waals surface area contributed by atoms with Gasteiger partial charge in [0, 0.05) is 5.69 Å². The highest BCUT2D eigenvalue weighted by molar-refractivity contribution is 6.04. The normalized spacial score (nSPS) is 13.9. The number of methoxy groups -OCH3 is 1. The Morgan fingerprint density at radius 2 is 2.25 bits per heavy atom. The molecule has 0 saturated heterocycles. The van der Waals surface area contributed by atoms with Crippen molar-refractivity contribution in [3.63, 3.8) is 0 Å². The Balaban J connectivity index is 2.29. The molecule has 0 fully saturated rings. The van der Waals surface area contributed by atoms with Crippen LogP contribution in [0.5, 0.6) is 0 Å². The predicted molar refractivity (Wildman–Crippen MR) is 59.3 cm³/mol. The van der Waals surface area contributed by atoms with E-state index in [1.807, 2.05) is 25.1 Å². The van der Waals surface area contributed by atoms with Crippen molar-refractivity contribution in [2.45, 2.75) is 13.3 Å². The van der Waals surface area contributed by atoms with Crippen molar-refractivity contribution in [1.82, 2.24) is 0 Å². The van der Waals surface area contributed by atoms with Crippen LogP contribution >= 0.6 is 0 Å². The molecule has 0 unspecified atom stereocenters. The predicted octanol–water partition coefficient (Wildman–Crippen LogP) is 1.06. The third kappa shape index (κ3) is 1.78. The first kappa shape index (κ1) is 10.7. The molecule has 1 aromatic carbocycles. The van der Waals surface area contributed by atoms with Gasteiger partial charge in [-0.2, -0.15) is 0 Å². The van der Waals surface area contributed by atoms with Gasteiger partial charge in [0.15, 0.2) is 0 Å². The van der Waals surface area contributed by atoms with Crippen LogP contribution in [-0.4, -0.2) is 25.5 Å². The van der Waals surface area contributed by atoms with E-state index in [0.717, 1.165) is 16.8 Å². The Kier molecular flexibility index (Phi) is 2.64. The van der Waals surface area contributed by atoms with Gasteiger partial charge in [0.2, 0.25) is 5.91 Å². The average Bonchev–Trinajstić information content (AvgIpc) is 2.54. The number of anilines is 1. The molecule has 1 aromatic rings. The summed E-state index contributed by atoms with van der Waals surface area (Å²) in [5.74, 6) is -0.451. The number of fused-ring (bicyclic) bond motifs is 1. The van der Waals surface area contributed by atoms with Crippen molar-refractivity contribution in [3.05, 3.63) is 29.3 Å². The van der Waals surface area contributed by atoms with Crippen molar-refractivity contribution in [2.75, 3.05) is 18.6 Å². The summed E-state index contributed by atoms with van der Waals surface area (Å²) >= 11 is 0. The number of amides is 1. The molecule has 0 aromatic heterocycles. The Labute approximate surface area is 93.8 Å². The van der Waals surface area contributed by atoms with Gasteiger partial charge in [0.1, 0.15) is 6.54 Å². The maximum Gasteiger partial charge on any atom is 0.325 e. The molecular weight excluding hydrogens is 206 g/mol. The smallest absolute Gasteiger partial charge is 0.325 e. The molecule has 0 bridgehead atoms. The van der Waals surface area contributed by atoms with Crippen LogP contribution in [0.25, 0.3) is 0 Å². The molecular formula is C12H13NO3. The zero-order valence-electron chi connectivity index (χ0n) is 9.32. The van der Waals surface area contributed by atoms with Crippen molar-refractivity contribution in [3.8, 4) is 0 Å². The minimum atomic E-state index is -0.401. The van der Waals surface area contributed by atoms with Crippen LogP contribution in [0.2, 0.25) is 0 Å². The molecule has 1 aliphatic heterocycles. The molecule has 4 nitrogen and oxygen atoms in total. The zero-order valence-corrected chi connectivity index (χ0v) is 9.32. The maximum atomic E-state index is 11.7. The quantitative estimate of drug-likeness (QED) is 0.699. The van der Waals surface area contributed by atoms with Gasteiger partial charge in [0.25, 0.3) is 0 Å². The Morgan fingerprint density at radius 1 is 1.50 bits per heavy atom. The van der Waals surface area contributed by atoms with Gasteiger partial charge in [0.05, 0.1) is 13.5 Å². The molecule has 1 aliphatic rings. The lowest BCUT2D eigenvalue weighted by molar-refractivity contribution is -0.139. The highest BCUT2D eigenvalue weighted by Crippen LogP contribution is 2.29. The summed E-state index contributed by atoms with van der Waals surface area (Å²) < 4.78 is 4.57. The first-order valence-electron chi connectivity index (χ1n) is 5.08. The summed E-state index contributed by atoms with van der Waals surface area (Å²) in [7, 11) is 1.32. The molecule has 0 atom stereocenters. The third-order valence-electron chi connectivity index (χ3n) is 2.68. The fraction of sp³-hybridized carbons (Fsp3) is 0.333. The minimum Gasteiger partial charge on any atom is -0.468 e. The average molecular weight is 219 g/mol. The number of aryl methyl sites for hydroxylation is 1. The molecule has 0 radical (unpaired) electrons. The number of carbonyl (C=O) groups is 2. The van der Waals surface area contributed by atoms with Crippen LogP contribution in [0.3, 0.4) is 0 Å². The van der Waals surface area contributed by atoms with Crippen LogP contribution in [-0.2, 0) is 20.7 Å². The number of benzene rings is 1. The third-order valence-corrected chi connectivity index (χ3v) is 2.68. The van der Waals surface area contributed by atoms with Crippen molar-refractivity contribution < 1.29 is 14.3 Å². The molecule has 1 amide bonds. The van der Waals surface area contributed by atoms with Crippen molar-refractivity contribution >= 4 is 17.6 Å². The van der Waals surface area contributed by atoms with E-state index < -0.39 is 5.97 Å². The number of hydrogen-bond acceptors (Lipinski definition) is 3. The molecule has 2 rings (SSSR count). The lowest BCUT2D eigenvalue weighted by Gasteiger charge is -2.15. The van der Waals surface area contributed by atoms with Crippen LogP contribution < -0.4 is 4.90 Å². The van der Waals surface area contributed by atoms with Gasteiger partial charge < -0.3 is 9.64 Å². The Morgan fingerprint density at radius 3 is 2.94 bits per heavy atom. The maximum absolute atomic E-state index is 11.7. The first-order valence-corrected chi connectivity index (χ1v) is 5.08. The molecule has 16 heavy (non-hydrogen) atoms. The van der Waals surface area contributed by atoms with Crippen molar-refractivity contribution in [2.24, 2.45) is 0 Å². The second-order valence-corrected chi connectivity index (χ2v) is 3.86. The largest absolute Gasteiger partial charge is 0.468 e. The number of carbonyl (C=O) groups excluding carboxylic acids is 2. The topological polar surface area (TPSA) is 46.6 Å². The molecule has 0 N–H and O–H groups in total. The fourth-order valence-corrected chi connectivity index (χ4v) is 1.88. The van der Waals surface area contributed by atoms with E-state index in [2.05, 4.69) is 4.74 Å². The number of hydrogen-bond donors (Lipinski definition) is 0. The Bertz CT molecular complexity index is 454. The minimum absolute atomic E-state index is 0.00854. The number of ether oxygens (including phenoxy) is 1. The Hall–Kier alpha value is -1.84. The first-order chi connectivity index (χ1) is 7.61. The summed E-state index contributed by atoms with van der Waals surface area (Å²) in [6.45, 7) is 1.97. The highest BCUT2D eigenvalue weighted by Gasteiger charge is 2.28. The zero-order chi connectivity index (χ0) is 11.7. The number of rotatable bonds is 2. The van der Waals surface area contributed by atoms with Crippen molar-refractivity contribution in [1.29, 1.82) is 0 Å². The lowest BCUT2D eigenvalue weighted by Crippen LogP contribution is -2.33. The van der Waals surface area contributed by atoms with E-state index in [1.54, 1.807) is 0 Å². The van der Waals surface area contributed by atoms with Crippen LogP contribution in [0.4, 0.5) is 5.69 Å². The van der Waals surface area contributed by atoms with Gasteiger partial charge >= 0.3 is 5.97 Å². The second-order valence-electron chi connectivity index (χ2n) is 3.86. The van der Waals surface area contributed by atoms with E-state index in [4.69, 9.17) is 0 Å².